The van der Waals surface area contributed by atoms with Gasteiger partial charge in [-0.05, 0) is 47.9 Å². The maximum absolute atomic E-state index is 13.3. The van der Waals surface area contributed by atoms with Crippen molar-refractivity contribution in [2.45, 2.75) is 32.6 Å². The van der Waals surface area contributed by atoms with E-state index in [0.29, 0.717) is 16.8 Å². The summed E-state index contributed by atoms with van der Waals surface area (Å²) in [6.07, 6.45) is 4.47. The smallest absolute Gasteiger partial charge is 0.145 e. The van der Waals surface area contributed by atoms with Gasteiger partial charge in [-0.2, -0.15) is 0 Å². The first-order valence-corrected chi connectivity index (χ1v) is 7.80. The zero-order chi connectivity index (χ0) is 14.1. The molecule has 5 heteroatoms. The molecular formula is C14H20BrClFNO. The van der Waals surface area contributed by atoms with E-state index in [4.69, 9.17) is 16.3 Å². The molecule has 0 saturated heterocycles. The van der Waals surface area contributed by atoms with Crippen molar-refractivity contribution in [1.29, 1.82) is 0 Å². The quantitative estimate of drug-likeness (QED) is 0.509. The van der Waals surface area contributed by atoms with Crippen LogP contribution in [0, 0.1) is 5.82 Å². The van der Waals surface area contributed by atoms with Crippen LogP contribution < -0.4 is 10.1 Å². The van der Waals surface area contributed by atoms with Gasteiger partial charge in [0.2, 0.25) is 0 Å². The first-order valence-electron chi connectivity index (χ1n) is 6.63. The lowest BCUT2D eigenvalue weighted by Crippen LogP contribution is -2.13. The van der Waals surface area contributed by atoms with Crippen LogP contribution >= 0.6 is 27.5 Å². The second-order valence-electron chi connectivity index (χ2n) is 4.31. The van der Waals surface area contributed by atoms with E-state index in [0.717, 1.165) is 25.9 Å². The minimum atomic E-state index is -0.453. The van der Waals surface area contributed by atoms with Gasteiger partial charge >= 0.3 is 0 Å². The Labute approximate surface area is 127 Å². The molecule has 0 bridgehead atoms. The number of benzene rings is 1. The lowest BCUT2D eigenvalue weighted by Gasteiger charge is -2.09. The third kappa shape index (κ3) is 6.59. The Morgan fingerprint density at radius 3 is 2.74 bits per heavy atom. The lowest BCUT2D eigenvalue weighted by atomic mass is 10.2. The van der Waals surface area contributed by atoms with Crippen LogP contribution in [0.4, 0.5) is 4.39 Å². The fourth-order valence-electron chi connectivity index (χ4n) is 1.68. The van der Waals surface area contributed by atoms with Crippen molar-refractivity contribution in [2.75, 3.05) is 19.7 Å². The van der Waals surface area contributed by atoms with Crippen molar-refractivity contribution in [3.05, 3.63) is 27.4 Å². The van der Waals surface area contributed by atoms with Gasteiger partial charge in [-0.15, -0.1) is 0 Å². The molecule has 0 heterocycles. The van der Waals surface area contributed by atoms with Crippen molar-refractivity contribution in [3.63, 3.8) is 0 Å². The molecule has 0 unspecified atom stereocenters. The molecular weight excluding hydrogens is 333 g/mol. The summed E-state index contributed by atoms with van der Waals surface area (Å²) >= 11 is 8.97. The fraction of sp³-hybridized carbons (Fsp3) is 0.571. The van der Waals surface area contributed by atoms with E-state index in [-0.39, 0.29) is 5.02 Å². The Morgan fingerprint density at radius 2 is 2.00 bits per heavy atom. The largest absolute Gasteiger partial charge is 0.492 e. The summed E-state index contributed by atoms with van der Waals surface area (Å²) in [5, 5.41) is 3.39. The maximum atomic E-state index is 13.3. The predicted molar refractivity (Wildman–Crippen MR) is 81.6 cm³/mol. The van der Waals surface area contributed by atoms with Crippen LogP contribution in [0.2, 0.25) is 5.02 Å². The molecule has 0 aliphatic carbocycles. The summed E-state index contributed by atoms with van der Waals surface area (Å²) in [4.78, 5) is 0. The van der Waals surface area contributed by atoms with E-state index < -0.39 is 5.82 Å². The Kier molecular flexibility index (Phi) is 8.42. The molecule has 1 rings (SSSR count). The van der Waals surface area contributed by atoms with E-state index in [1.54, 1.807) is 0 Å². The maximum Gasteiger partial charge on any atom is 0.145 e. The highest BCUT2D eigenvalue weighted by Gasteiger charge is 2.07. The van der Waals surface area contributed by atoms with Crippen molar-refractivity contribution >= 4 is 27.5 Å². The van der Waals surface area contributed by atoms with Crippen LogP contribution in [0.25, 0.3) is 0 Å². The number of rotatable bonds is 9. The third-order valence-electron chi connectivity index (χ3n) is 2.73. The third-order valence-corrected chi connectivity index (χ3v) is 3.64. The molecule has 2 nitrogen and oxygen atoms in total. The molecule has 0 aliphatic heterocycles. The van der Waals surface area contributed by atoms with Gasteiger partial charge in [-0.3, -0.25) is 0 Å². The van der Waals surface area contributed by atoms with Gasteiger partial charge in [0.1, 0.15) is 11.6 Å². The van der Waals surface area contributed by atoms with Gasteiger partial charge < -0.3 is 10.1 Å². The molecule has 1 aromatic carbocycles. The molecule has 108 valence electrons. The van der Waals surface area contributed by atoms with Crippen LogP contribution in [-0.4, -0.2) is 19.7 Å². The van der Waals surface area contributed by atoms with Gasteiger partial charge in [-0.25, -0.2) is 4.39 Å². The van der Waals surface area contributed by atoms with Gasteiger partial charge in [-0.1, -0.05) is 31.4 Å². The topological polar surface area (TPSA) is 21.3 Å². The molecule has 1 aromatic rings. The average Bonchev–Trinajstić information content (AvgIpc) is 2.38. The SMILES string of the molecule is CCNCCCCCCOc1cc(F)c(Cl)cc1Br. The number of hydrogen-bond acceptors (Lipinski definition) is 2. The summed E-state index contributed by atoms with van der Waals surface area (Å²) in [5.41, 5.74) is 0. The van der Waals surface area contributed by atoms with E-state index >= 15 is 0 Å². The number of hydrogen-bond donors (Lipinski definition) is 1. The Hall–Kier alpha value is -0.320. The van der Waals surface area contributed by atoms with Gasteiger partial charge in [0.05, 0.1) is 16.1 Å². The van der Waals surface area contributed by atoms with Gasteiger partial charge in [0.25, 0.3) is 0 Å². The molecule has 0 amide bonds. The normalized spacial score (nSPS) is 10.7. The van der Waals surface area contributed by atoms with E-state index in [1.165, 1.54) is 25.0 Å². The van der Waals surface area contributed by atoms with E-state index in [2.05, 4.69) is 28.2 Å². The molecule has 19 heavy (non-hydrogen) atoms. The Bertz CT molecular complexity index is 390. The van der Waals surface area contributed by atoms with Crippen LogP contribution in [0.3, 0.4) is 0 Å². The highest BCUT2D eigenvalue weighted by atomic mass is 79.9. The van der Waals surface area contributed by atoms with Crippen molar-refractivity contribution < 1.29 is 9.13 Å². The molecule has 0 aromatic heterocycles. The minimum Gasteiger partial charge on any atom is -0.492 e. The first-order chi connectivity index (χ1) is 9.15. The second-order valence-corrected chi connectivity index (χ2v) is 5.57. The molecule has 0 atom stereocenters. The summed E-state index contributed by atoms with van der Waals surface area (Å²) in [7, 11) is 0. The molecule has 0 spiro atoms. The number of unbranched alkanes of at least 4 members (excludes halogenated alkanes) is 3. The van der Waals surface area contributed by atoms with Crippen LogP contribution in [-0.2, 0) is 0 Å². The number of halogens is 3. The average molecular weight is 353 g/mol. The lowest BCUT2D eigenvalue weighted by molar-refractivity contribution is 0.301. The van der Waals surface area contributed by atoms with Crippen LogP contribution in [0.5, 0.6) is 5.75 Å². The summed E-state index contributed by atoms with van der Waals surface area (Å²) in [6, 6.07) is 2.83. The Morgan fingerprint density at radius 1 is 1.26 bits per heavy atom. The summed E-state index contributed by atoms with van der Waals surface area (Å²) in [6.45, 7) is 4.81. The molecule has 0 fully saturated rings. The van der Waals surface area contributed by atoms with E-state index in [1.807, 2.05) is 0 Å². The van der Waals surface area contributed by atoms with Gasteiger partial charge in [0, 0.05) is 6.07 Å². The number of ether oxygens (including phenoxy) is 1. The monoisotopic (exact) mass is 351 g/mol. The standard InChI is InChI=1S/C14H20BrClFNO/c1-2-18-7-5-3-4-6-8-19-14-10-13(17)12(16)9-11(14)15/h9-10,18H,2-8H2,1H3. The first kappa shape index (κ1) is 16.7. The summed E-state index contributed by atoms with van der Waals surface area (Å²) in [5.74, 6) is 0.0556. The van der Waals surface area contributed by atoms with Crippen molar-refractivity contribution in [3.8, 4) is 5.75 Å². The van der Waals surface area contributed by atoms with E-state index in [9.17, 15) is 4.39 Å². The van der Waals surface area contributed by atoms with Crippen LogP contribution in [0.1, 0.15) is 32.6 Å². The zero-order valence-electron chi connectivity index (χ0n) is 11.1. The van der Waals surface area contributed by atoms with Gasteiger partial charge in [0.15, 0.2) is 0 Å². The van der Waals surface area contributed by atoms with Crippen LogP contribution in [0.15, 0.2) is 16.6 Å². The minimum absolute atomic E-state index is 0.0997. The molecule has 0 saturated carbocycles. The van der Waals surface area contributed by atoms with Crippen molar-refractivity contribution in [1.82, 2.24) is 5.32 Å². The highest BCUT2D eigenvalue weighted by Crippen LogP contribution is 2.30. The molecule has 0 aliphatic rings. The molecule has 0 radical (unpaired) electrons. The van der Waals surface area contributed by atoms with Crippen molar-refractivity contribution in [2.24, 2.45) is 0 Å². The second kappa shape index (κ2) is 9.56. The Balaban J connectivity index is 2.17. The highest BCUT2D eigenvalue weighted by molar-refractivity contribution is 9.10. The fourth-order valence-corrected chi connectivity index (χ4v) is 2.43. The summed E-state index contributed by atoms with van der Waals surface area (Å²) < 4.78 is 19.5. The predicted octanol–water partition coefficient (Wildman–Crippen LogP) is 4.79. The number of nitrogens with one attached hydrogen (secondary N) is 1. The zero-order valence-corrected chi connectivity index (χ0v) is 13.5. The molecule has 1 N–H and O–H groups in total.